The molecule has 0 radical (unpaired) electrons. The topological polar surface area (TPSA) is 82.9 Å². The normalized spacial score (nSPS) is 10.9. The van der Waals surface area contributed by atoms with Crippen LogP contribution in [0.15, 0.2) is 75.0 Å². The second kappa shape index (κ2) is 7.28. The molecule has 2 heterocycles. The number of hydrogen-bond donors (Lipinski definition) is 0. The molecule has 0 aliphatic carbocycles. The lowest BCUT2D eigenvalue weighted by Crippen LogP contribution is -2.40. The van der Waals surface area contributed by atoms with Gasteiger partial charge in [0.1, 0.15) is 6.54 Å². The van der Waals surface area contributed by atoms with Gasteiger partial charge in [0.25, 0.3) is 0 Å². The van der Waals surface area contributed by atoms with Gasteiger partial charge in [-0.1, -0.05) is 41.0 Å². The van der Waals surface area contributed by atoms with Crippen molar-refractivity contribution in [3.63, 3.8) is 0 Å². The molecule has 0 spiro atoms. The van der Waals surface area contributed by atoms with Gasteiger partial charge in [0.15, 0.2) is 0 Å². The standard InChI is InChI=1S/C20H15ClN4O3/c1-13-4-2-3-5-16(13)18-22-17(28-23-18)12-24-10-11-25(20(27)19(24)26)15-8-6-14(21)7-9-15/h2-11H,12H2,1H3. The number of nitrogens with zero attached hydrogens (tertiary/aromatic N) is 4. The summed E-state index contributed by atoms with van der Waals surface area (Å²) in [6.07, 6.45) is 3.03. The maximum Gasteiger partial charge on any atom is 0.320 e. The third kappa shape index (κ3) is 3.39. The lowest BCUT2D eigenvalue weighted by molar-refractivity contribution is 0.369. The quantitative estimate of drug-likeness (QED) is 0.497. The minimum atomic E-state index is -0.687. The average molecular weight is 395 g/mol. The lowest BCUT2D eigenvalue weighted by atomic mass is 10.1. The largest absolute Gasteiger partial charge is 0.337 e. The maximum absolute atomic E-state index is 12.5. The highest BCUT2D eigenvalue weighted by atomic mass is 35.5. The Hall–Kier alpha value is -3.45. The summed E-state index contributed by atoms with van der Waals surface area (Å²) in [5.74, 6) is 0.680. The predicted octanol–water partition coefficient (Wildman–Crippen LogP) is 3.06. The van der Waals surface area contributed by atoms with Crippen LogP contribution in [0.5, 0.6) is 0 Å². The third-order valence-electron chi connectivity index (χ3n) is 4.32. The van der Waals surface area contributed by atoms with Gasteiger partial charge in [-0.3, -0.25) is 18.7 Å². The van der Waals surface area contributed by atoms with Gasteiger partial charge in [-0.2, -0.15) is 4.98 Å². The number of hydrogen-bond acceptors (Lipinski definition) is 5. The zero-order valence-corrected chi connectivity index (χ0v) is 15.6. The molecule has 0 atom stereocenters. The Labute approximate surface area is 164 Å². The summed E-state index contributed by atoms with van der Waals surface area (Å²) in [5, 5.41) is 4.52. The van der Waals surface area contributed by atoms with Crippen LogP contribution in [-0.2, 0) is 6.54 Å². The van der Waals surface area contributed by atoms with Crippen molar-refractivity contribution >= 4 is 11.6 Å². The zero-order chi connectivity index (χ0) is 19.7. The Morgan fingerprint density at radius 3 is 2.50 bits per heavy atom. The summed E-state index contributed by atoms with van der Waals surface area (Å²) in [7, 11) is 0. The Bertz CT molecular complexity index is 1260. The highest BCUT2D eigenvalue weighted by Gasteiger charge is 2.13. The summed E-state index contributed by atoms with van der Waals surface area (Å²) >= 11 is 5.87. The number of benzene rings is 2. The van der Waals surface area contributed by atoms with E-state index in [9.17, 15) is 9.59 Å². The van der Waals surface area contributed by atoms with Crippen molar-refractivity contribution in [1.29, 1.82) is 0 Å². The van der Waals surface area contributed by atoms with Crippen molar-refractivity contribution in [2.75, 3.05) is 0 Å². The van der Waals surface area contributed by atoms with E-state index in [4.69, 9.17) is 16.1 Å². The second-order valence-corrected chi connectivity index (χ2v) is 6.65. The van der Waals surface area contributed by atoms with E-state index in [1.807, 2.05) is 31.2 Å². The van der Waals surface area contributed by atoms with Gasteiger partial charge in [-0.15, -0.1) is 0 Å². The van der Waals surface area contributed by atoms with E-state index in [2.05, 4.69) is 10.1 Å². The zero-order valence-electron chi connectivity index (χ0n) is 14.9. The maximum atomic E-state index is 12.5. The summed E-state index contributed by atoms with van der Waals surface area (Å²) in [4.78, 5) is 29.3. The number of rotatable bonds is 4. The third-order valence-corrected chi connectivity index (χ3v) is 4.57. The SMILES string of the molecule is Cc1ccccc1-c1noc(Cn2ccn(-c3ccc(Cl)cc3)c(=O)c2=O)n1. The van der Waals surface area contributed by atoms with Crippen LogP contribution in [0.1, 0.15) is 11.5 Å². The lowest BCUT2D eigenvalue weighted by Gasteiger charge is -2.07. The minimum absolute atomic E-state index is 0.00835. The first-order chi connectivity index (χ1) is 13.5. The van der Waals surface area contributed by atoms with Crippen LogP contribution in [0.3, 0.4) is 0 Å². The highest BCUT2D eigenvalue weighted by molar-refractivity contribution is 6.30. The van der Waals surface area contributed by atoms with Gasteiger partial charge >= 0.3 is 11.1 Å². The van der Waals surface area contributed by atoms with E-state index in [1.165, 1.54) is 21.5 Å². The van der Waals surface area contributed by atoms with Crippen molar-refractivity contribution in [2.45, 2.75) is 13.5 Å². The highest BCUT2D eigenvalue weighted by Crippen LogP contribution is 2.19. The molecule has 2 aromatic heterocycles. The van der Waals surface area contributed by atoms with Crippen LogP contribution in [-0.4, -0.2) is 19.3 Å². The second-order valence-electron chi connectivity index (χ2n) is 6.21. The molecule has 140 valence electrons. The molecular formula is C20H15ClN4O3. The van der Waals surface area contributed by atoms with Crippen molar-refractivity contribution < 1.29 is 4.52 Å². The van der Waals surface area contributed by atoms with E-state index >= 15 is 0 Å². The summed E-state index contributed by atoms with van der Waals surface area (Å²) in [5.41, 5.74) is 1.05. The van der Waals surface area contributed by atoms with E-state index in [-0.39, 0.29) is 12.4 Å². The van der Waals surface area contributed by atoms with E-state index in [0.717, 1.165) is 11.1 Å². The van der Waals surface area contributed by atoms with Gasteiger partial charge in [-0.25, -0.2) is 0 Å². The number of aryl methyl sites for hydroxylation is 1. The minimum Gasteiger partial charge on any atom is -0.337 e. The fourth-order valence-electron chi connectivity index (χ4n) is 2.84. The number of halogens is 1. The van der Waals surface area contributed by atoms with Crippen LogP contribution in [0.2, 0.25) is 5.02 Å². The van der Waals surface area contributed by atoms with Gasteiger partial charge in [-0.05, 0) is 36.8 Å². The molecule has 0 amide bonds. The smallest absolute Gasteiger partial charge is 0.320 e. The fourth-order valence-corrected chi connectivity index (χ4v) is 2.96. The molecule has 8 heteroatoms. The molecule has 28 heavy (non-hydrogen) atoms. The van der Waals surface area contributed by atoms with Crippen LogP contribution in [0.4, 0.5) is 0 Å². The Balaban J connectivity index is 1.64. The number of aromatic nitrogens is 4. The summed E-state index contributed by atoms with van der Waals surface area (Å²) in [6.45, 7) is 1.96. The first kappa shape index (κ1) is 17.9. The van der Waals surface area contributed by atoms with Gasteiger partial charge in [0.05, 0.1) is 0 Å². The molecule has 0 aliphatic rings. The van der Waals surface area contributed by atoms with E-state index in [0.29, 0.717) is 16.5 Å². The molecule has 0 N–H and O–H groups in total. The van der Waals surface area contributed by atoms with Gasteiger partial charge in [0.2, 0.25) is 11.7 Å². The molecular weight excluding hydrogens is 380 g/mol. The van der Waals surface area contributed by atoms with Crippen molar-refractivity contribution in [1.82, 2.24) is 19.3 Å². The monoisotopic (exact) mass is 394 g/mol. The molecule has 4 aromatic rings. The van der Waals surface area contributed by atoms with E-state index in [1.54, 1.807) is 24.3 Å². The van der Waals surface area contributed by atoms with Crippen LogP contribution in [0.25, 0.3) is 17.1 Å². The van der Waals surface area contributed by atoms with Crippen molar-refractivity contribution in [3.05, 3.63) is 98.1 Å². The van der Waals surface area contributed by atoms with Crippen LogP contribution >= 0.6 is 11.6 Å². The first-order valence-electron chi connectivity index (χ1n) is 8.49. The summed E-state index contributed by atoms with van der Waals surface area (Å²) < 4.78 is 7.76. The molecule has 0 saturated carbocycles. The Kier molecular flexibility index (Phi) is 4.67. The predicted molar refractivity (Wildman–Crippen MR) is 105 cm³/mol. The van der Waals surface area contributed by atoms with Crippen LogP contribution < -0.4 is 11.1 Å². The fraction of sp³-hybridized carbons (Fsp3) is 0.100. The molecule has 0 bridgehead atoms. The summed E-state index contributed by atoms with van der Waals surface area (Å²) in [6, 6.07) is 14.3. The molecule has 0 fully saturated rings. The molecule has 0 unspecified atom stereocenters. The average Bonchev–Trinajstić information content (AvgIpc) is 3.15. The van der Waals surface area contributed by atoms with Crippen molar-refractivity contribution in [3.8, 4) is 17.1 Å². The van der Waals surface area contributed by atoms with Gasteiger partial charge in [0, 0.05) is 28.7 Å². The van der Waals surface area contributed by atoms with Gasteiger partial charge < -0.3 is 4.52 Å². The molecule has 2 aromatic carbocycles. The molecule has 7 nitrogen and oxygen atoms in total. The molecule has 0 aliphatic heterocycles. The molecule has 4 rings (SSSR count). The Morgan fingerprint density at radius 1 is 1.00 bits per heavy atom. The van der Waals surface area contributed by atoms with Crippen LogP contribution in [0, 0.1) is 6.92 Å². The van der Waals surface area contributed by atoms with Crippen molar-refractivity contribution in [2.24, 2.45) is 0 Å². The van der Waals surface area contributed by atoms with E-state index < -0.39 is 11.1 Å². The molecule has 0 saturated heterocycles. The first-order valence-corrected chi connectivity index (χ1v) is 8.87. The Morgan fingerprint density at radius 2 is 1.75 bits per heavy atom.